The lowest BCUT2D eigenvalue weighted by Crippen LogP contribution is -2.50. The summed E-state index contributed by atoms with van der Waals surface area (Å²) in [6, 6.07) is 7.96. The molecule has 1 saturated heterocycles. The smallest absolute Gasteiger partial charge is 0.409 e. The first-order valence-corrected chi connectivity index (χ1v) is 7.34. The first-order chi connectivity index (χ1) is 10.7. The molecule has 0 saturated carbocycles. The number of benzene rings is 1. The van der Waals surface area contributed by atoms with Crippen LogP contribution in [0.1, 0.15) is 5.56 Å². The molecule has 1 aromatic heterocycles. The number of hydrogen-bond donors (Lipinski definition) is 1. The SMILES string of the molecule is COC(=O)N1CCN(C(=O)Cc2c[nH]c3ccccc23)CC1. The predicted octanol–water partition coefficient (Wildman–Crippen LogP) is 1.62. The van der Waals surface area contributed by atoms with Crippen molar-refractivity contribution in [1.82, 2.24) is 14.8 Å². The molecule has 2 aromatic rings. The van der Waals surface area contributed by atoms with Crippen molar-refractivity contribution < 1.29 is 14.3 Å². The lowest BCUT2D eigenvalue weighted by molar-refractivity contribution is -0.132. The van der Waals surface area contributed by atoms with Crippen LogP contribution in [0.3, 0.4) is 0 Å². The number of fused-ring (bicyclic) bond motifs is 1. The van der Waals surface area contributed by atoms with Crippen molar-refractivity contribution in [2.75, 3.05) is 33.3 Å². The Kier molecular flexibility index (Phi) is 4.00. The average molecular weight is 301 g/mol. The molecule has 0 aliphatic carbocycles. The Morgan fingerprint density at radius 1 is 1.14 bits per heavy atom. The quantitative estimate of drug-likeness (QED) is 0.916. The molecule has 1 aromatic carbocycles. The van der Waals surface area contributed by atoms with Crippen LogP contribution in [-0.4, -0.2) is 60.1 Å². The van der Waals surface area contributed by atoms with Crippen LogP contribution in [0.15, 0.2) is 30.5 Å². The Balaban J connectivity index is 1.62. The van der Waals surface area contributed by atoms with Gasteiger partial charge in [-0.3, -0.25) is 4.79 Å². The van der Waals surface area contributed by atoms with Crippen molar-refractivity contribution in [1.29, 1.82) is 0 Å². The summed E-state index contributed by atoms with van der Waals surface area (Å²) in [6.45, 7) is 2.14. The van der Waals surface area contributed by atoms with Gasteiger partial charge in [0.2, 0.25) is 5.91 Å². The maximum absolute atomic E-state index is 12.4. The van der Waals surface area contributed by atoms with Crippen LogP contribution in [-0.2, 0) is 16.0 Å². The summed E-state index contributed by atoms with van der Waals surface area (Å²) in [5, 5.41) is 1.09. The molecule has 6 heteroatoms. The minimum atomic E-state index is -0.330. The minimum Gasteiger partial charge on any atom is -0.453 e. The maximum atomic E-state index is 12.4. The largest absolute Gasteiger partial charge is 0.453 e. The van der Waals surface area contributed by atoms with Gasteiger partial charge < -0.3 is 19.5 Å². The fourth-order valence-electron chi connectivity index (χ4n) is 2.82. The molecule has 2 heterocycles. The standard InChI is InChI=1S/C16H19N3O3/c1-22-16(21)19-8-6-18(7-9-19)15(20)10-12-11-17-14-5-3-2-4-13(12)14/h2-5,11,17H,6-10H2,1H3. The third kappa shape index (κ3) is 2.77. The van der Waals surface area contributed by atoms with E-state index in [1.54, 1.807) is 9.80 Å². The summed E-state index contributed by atoms with van der Waals surface area (Å²) in [7, 11) is 1.37. The topological polar surface area (TPSA) is 65.6 Å². The van der Waals surface area contributed by atoms with Crippen LogP contribution in [0.25, 0.3) is 10.9 Å². The number of carbonyl (C=O) groups excluding carboxylic acids is 2. The van der Waals surface area contributed by atoms with Gasteiger partial charge >= 0.3 is 6.09 Å². The second-order valence-corrected chi connectivity index (χ2v) is 5.37. The molecule has 0 atom stereocenters. The molecule has 0 bridgehead atoms. The summed E-state index contributed by atoms with van der Waals surface area (Å²) in [4.78, 5) is 30.5. The summed E-state index contributed by atoms with van der Waals surface area (Å²) >= 11 is 0. The molecule has 1 N–H and O–H groups in total. The molecule has 2 amide bonds. The zero-order chi connectivity index (χ0) is 15.5. The van der Waals surface area contributed by atoms with Gasteiger partial charge in [0.05, 0.1) is 13.5 Å². The Morgan fingerprint density at radius 2 is 1.82 bits per heavy atom. The number of rotatable bonds is 2. The van der Waals surface area contributed by atoms with Gasteiger partial charge in [-0.15, -0.1) is 0 Å². The van der Waals surface area contributed by atoms with E-state index < -0.39 is 0 Å². The third-order valence-electron chi connectivity index (χ3n) is 4.08. The van der Waals surface area contributed by atoms with Crippen LogP contribution in [0.2, 0.25) is 0 Å². The zero-order valence-electron chi connectivity index (χ0n) is 12.5. The number of ether oxygens (including phenoxy) is 1. The second kappa shape index (κ2) is 6.09. The van der Waals surface area contributed by atoms with Gasteiger partial charge in [0.15, 0.2) is 0 Å². The van der Waals surface area contributed by atoms with Crippen LogP contribution in [0.4, 0.5) is 4.79 Å². The Hall–Kier alpha value is -2.50. The van der Waals surface area contributed by atoms with Gasteiger partial charge in [-0.05, 0) is 11.6 Å². The summed E-state index contributed by atoms with van der Waals surface area (Å²) < 4.78 is 4.70. The molecular formula is C16H19N3O3. The number of hydrogen-bond acceptors (Lipinski definition) is 3. The number of H-pyrrole nitrogens is 1. The number of para-hydroxylation sites is 1. The highest BCUT2D eigenvalue weighted by Gasteiger charge is 2.24. The lowest BCUT2D eigenvalue weighted by Gasteiger charge is -2.33. The van der Waals surface area contributed by atoms with Gasteiger partial charge in [0.25, 0.3) is 0 Å². The third-order valence-corrected chi connectivity index (χ3v) is 4.08. The molecule has 0 radical (unpaired) electrons. The monoisotopic (exact) mass is 301 g/mol. The van der Waals surface area contributed by atoms with E-state index in [2.05, 4.69) is 4.98 Å². The Labute approximate surface area is 128 Å². The number of amides is 2. The Bertz CT molecular complexity index is 687. The highest BCUT2D eigenvalue weighted by molar-refractivity contribution is 5.89. The second-order valence-electron chi connectivity index (χ2n) is 5.37. The number of nitrogens with zero attached hydrogens (tertiary/aromatic N) is 2. The minimum absolute atomic E-state index is 0.0919. The van der Waals surface area contributed by atoms with E-state index in [1.807, 2.05) is 30.5 Å². The van der Waals surface area contributed by atoms with Crippen LogP contribution >= 0.6 is 0 Å². The summed E-state index contributed by atoms with van der Waals surface area (Å²) in [5.41, 5.74) is 2.05. The fourth-order valence-corrected chi connectivity index (χ4v) is 2.82. The Morgan fingerprint density at radius 3 is 2.55 bits per heavy atom. The van der Waals surface area contributed by atoms with Crippen molar-refractivity contribution in [3.8, 4) is 0 Å². The molecule has 6 nitrogen and oxygen atoms in total. The first kappa shape index (κ1) is 14.4. The normalized spacial score (nSPS) is 15.1. The van der Waals surface area contributed by atoms with E-state index in [0.717, 1.165) is 16.5 Å². The van der Waals surface area contributed by atoms with Crippen molar-refractivity contribution in [2.24, 2.45) is 0 Å². The fraction of sp³-hybridized carbons (Fsp3) is 0.375. The number of methoxy groups -OCH3 is 1. The molecular weight excluding hydrogens is 282 g/mol. The van der Waals surface area contributed by atoms with Crippen LogP contribution in [0.5, 0.6) is 0 Å². The molecule has 0 unspecified atom stereocenters. The van der Waals surface area contributed by atoms with E-state index in [1.165, 1.54) is 7.11 Å². The summed E-state index contributed by atoms with van der Waals surface area (Å²) in [6.07, 6.45) is 1.94. The molecule has 3 rings (SSSR count). The van der Waals surface area contributed by atoms with E-state index in [-0.39, 0.29) is 12.0 Å². The number of piperazine rings is 1. The van der Waals surface area contributed by atoms with Crippen molar-refractivity contribution in [2.45, 2.75) is 6.42 Å². The molecule has 116 valence electrons. The zero-order valence-corrected chi connectivity index (χ0v) is 12.5. The van der Waals surface area contributed by atoms with Crippen molar-refractivity contribution in [3.05, 3.63) is 36.0 Å². The number of aromatic nitrogens is 1. The molecule has 22 heavy (non-hydrogen) atoms. The number of nitrogens with one attached hydrogen (secondary N) is 1. The predicted molar refractivity (Wildman–Crippen MR) is 82.6 cm³/mol. The van der Waals surface area contributed by atoms with E-state index in [4.69, 9.17) is 4.74 Å². The van der Waals surface area contributed by atoms with E-state index in [9.17, 15) is 9.59 Å². The van der Waals surface area contributed by atoms with Crippen molar-refractivity contribution in [3.63, 3.8) is 0 Å². The number of aromatic amines is 1. The first-order valence-electron chi connectivity index (χ1n) is 7.34. The van der Waals surface area contributed by atoms with E-state index in [0.29, 0.717) is 32.6 Å². The number of carbonyl (C=O) groups is 2. The maximum Gasteiger partial charge on any atom is 0.409 e. The summed E-state index contributed by atoms with van der Waals surface area (Å²) in [5.74, 6) is 0.0919. The van der Waals surface area contributed by atoms with Gasteiger partial charge in [0.1, 0.15) is 0 Å². The van der Waals surface area contributed by atoms with Crippen LogP contribution in [0, 0.1) is 0 Å². The highest BCUT2D eigenvalue weighted by Crippen LogP contribution is 2.19. The highest BCUT2D eigenvalue weighted by atomic mass is 16.5. The van der Waals surface area contributed by atoms with Crippen LogP contribution < -0.4 is 0 Å². The lowest BCUT2D eigenvalue weighted by atomic mass is 10.1. The average Bonchev–Trinajstić information content (AvgIpc) is 2.97. The molecule has 1 fully saturated rings. The van der Waals surface area contributed by atoms with Crippen molar-refractivity contribution >= 4 is 22.9 Å². The van der Waals surface area contributed by atoms with Gasteiger partial charge in [-0.25, -0.2) is 4.79 Å². The molecule has 1 aliphatic rings. The molecule has 1 aliphatic heterocycles. The molecule has 0 spiro atoms. The van der Waals surface area contributed by atoms with Gasteiger partial charge in [0, 0.05) is 43.3 Å². The van der Waals surface area contributed by atoms with Gasteiger partial charge in [-0.1, -0.05) is 18.2 Å². The van der Waals surface area contributed by atoms with Gasteiger partial charge in [-0.2, -0.15) is 0 Å². The van der Waals surface area contributed by atoms with E-state index >= 15 is 0 Å².